The summed E-state index contributed by atoms with van der Waals surface area (Å²) in [6, 6.07) is 0.628. The topological polar surface area (TPSA) is 29.3 Å². The van der Waals surface area contributed by atoms with Crippen molar-refractivity contribution in [3.05, 3.63) is 0 Å². The molecule has 2 aliphatic rings. The summed E-state index contributed by atoms with van der Waals surface area (Å²) in [7, 11) is 0. The second-order valence-corrected chi connectivity index (χ2v) is 7.59. The molecule has 0 amide bonds. The Morgan fingerprint density at radius 1 is 1.11 bits per heavy atom. The fourth-order valence-electron chi connectivity index (χ4n) is 4.42. The van der Waals surface area contributed by atoms with Gasteiger partial charge in [-0.05, 0) is 57.3 Å². The predicted octanol–water partition coefficient (Wildman–Crippen LogP) is 3.65. The first-order valence-electron chi connectivity index (χ1n) is 8.48. The van der Waals surface area contributed by atoms with E-state index in [1.807, 2.05) is 0 Å². The highest BCUT2D eigenvalue weighted by atomic mass is 15.2. The quantitative estimate of drug-likeness (QED) is 0.795. The number of rotatable bonds is 6. The zero-order valence-corrected chi connectivity index (χ0v) is 13.5. The standard InChI is InChI=1S/C17H34N2/c1-13(2)16-7-5-6-10-17(16,12-18)19(14(3)4)11-15-8-9-15/h13-16H,5-12,18H2,1-4H3. The van der Waals surface area contributed by atoms with Crippen molar-refractivity contribution >= 4 is 0 Å². The Balaban J connectivity index is 2.24. The minimum absolute atomic E-state index is 0.281. The highest BCUT2D eigenvalue weighted by molar-refractivity contribution is 5.03. The molecule has 2 atom stereocenters. The zero-order valence-electron chi connectivity index (χ0n) is 13.5. The molecule has 2 unspecified atom stereocenters. The lowest BCUT2D eigenvalue weighted by molar-refractivity contribution is -0.0357. The second kappa shape index (κ2) is 6.13. The molecule has 0 saturated heterocycles. The third-order valence-corrected chi connectivity index (χ3v) is 5.57. The first-order chi connectivity index (χ1) is 9.01. The highest BCUT2D eigenvalue weighted by Crippen LogP contribution is 2.44. The highest BCUT2D eigenvalue weighted by Gasteiger charge is 2.47. The van der Waals surface area contributed by atoms with Crippen molar-refractivity contribution in [2.24, 2.45) is 23.5 Å². The fraction of sp³-hybridized carbons (Fsp3) is 1.00. The van der Waals surface area contributed by atoms with E-state index in [2.05, 4.69) is 32.6 Å². The van der Waals surface area contributed by atoms with Crippen LogP contribution in [0.4, 0.5) is 0 Å². The number of hydrogen-bond donors (Lipinski definition) is 1. The predicted molar refractivity (Wildman–Crippen MR) is 83.1 cm³/mol. The maximum Gasteiger partial charge on any atom is 0.0365 e. The molecule has 2 saturated carbocycles. The Kier molecular flexibility index (Phi) is 4.94. The Hall–Kier alpha value is -0.0800. The van der Waals surface area contributed by atoms with E-state index in [-0.39, 0.29) is 5.54 Å². The van der Waals surface area contributed by atoms with Gasteiger partial charge in [0.15, 0.2) is 0 Å². The van der Waals surface area contributed by atoms with Crippen molar-refractivity contribution in [2.45, 2.75) is 77.8 Å². The summed E-state index contributed by atoms with van der Waals surface area (Å²) in [6.07, 6.45) is 8.35. The van der Waals surface area contributed by atoms with E-state index in [9.17, 15) is 0 Å². The van der Waals surface area contributed by atoms with Gasteiger partial charge in [0, 0.05) is 24.7 Å². The van der Waals surface area contributed by atoms with Gasteiger partial charge in [0.2, 0.25) is 0 Å². The van der Waals surface area contributed by atoms with Gasteiger partial charge in [-0.15, -0.1) is 0 Å². The van der Waals surface area contributed by atoms with E-state index in [0.29, 0.717) is 6.04 Å². The van der Waals surface area contributed by atoms with Crippen LogP contribution in [0.2, 0.25) is 0 Å². The smallest absolute Gasteiger partial charge is 0.0365 e. The van der Waals surface area contributed by atoms with Crippen LogP contribution in [0.25, 0.3) is 0 Å². The average Bonchev–Trinajstić information content (AvgIpc) is 3.19. The van der Waals surface area contributed by atoms with Crippen LogP contribution in [0.15, 0.2) is 0 Å². The fourth-order valence-corrected chi connectivity index (χ4v) is 4.42. The molecule has 2 nitrogen and oxygen atoms in total. The van der Waals surface area contributed by atoms with E-state index < -0.39 is 0 Å². The number of hydrogen-bond acceptors (Lipinski definition) is 2. The van der Waals surface area contributed by atoms with Gasteiger partial charge in [-0.1, -0.05) is 26.7 Å². The molecule has 2 fully saturated rings. The molecule has 2 heteroatoms. The van der Waals surface area contributed by atoms with E-state index in [0.717, 1.165) is 24.3 Å². The van der Waals surface area contributed by atoms with Crippen molar-refractivity contribution in [3.63, 3.8) is 0 Å². The molecule has 0 spiro atoms. The molecular formula is C17H34N2. The lowest BCUT2D eigenvalue weighted by atomic mass is 9.66. The molecule has 0 aromatic heterocycles. The molecule has 0 heterocycles. The molecule has 0 radical (unpaired) electrons. The number of nitrogens with two attached hydrogens (primary N) is 1. The summed E-state index contributed by atoms with van der Waals surface area (Å²) in [5.41, 5.74) is 6.64. The Bertz CT molecular complexity index is 283. The van der Waals surface area contributed by atoms with Gasteiger partial charge in [0.05, 0.1) is 0 Å². The van der Waals surface area contributed by atoms with Gasteiger partial charge < -0.3 is 5.73 Å². The van der Waals surface area contributed by atoms with Crippen molar-refractivity contribution in [1.82, 2.24) is 4.90 Å². The maximum atomic E-state index is 6.36. The van der Waals surface area contributed by atoms with Gasteiger partial charge in [0.1, 0.15) is 0 Å². The summed E-state index contributed by atoms with van der Waals surface area (Å²) in [4.78, 5) is 2.80. The van der Waals surface area contributed by atoms with Crippen molar-refractivity contribution in [2.75, 3.05) is 13.1 Å². The molecule has 0 aliphatic heterocycles. The molecule has 112 valence electrons. The summed E-state index contributed by atoms with van der Waals surface area (Å²) < 4.78 is 0. The minimum Gasteiger partial charge on any atom is -0.329 e. The average molecular weight is 266 g/mol. The second-order valence-electron chi connectivity index (χ2n) is 7.59. The normalized spacial score (nSPS) is 32.5. The Labute approximate surface area is 120 Å². The molecular weight excluding hydrogens is 232 g/mol. The molecule has 0 bridgehead atoms. The lowest BCUT2D eigenvalue weighted by Crippen LogP contribution is -2.63. The van der Waals surface area contributed by atoms with Crippen LogP contribution < -0.4 is 5.73 Å². The molecule has 2 aliphatic carbocycles. The van der Waals surface area contributed by atoms with Crippen LogP contribution in [0.5, 0.6) is 0 Å². The van der Waals surface area contributed by atoms with Gasteiger partial charge in [-0.2, -0.15) is 0 Å². The molecule has 0 aromatic rings. The van der Waals surface area contributed by atoms with Crippen LogP contribution in [0.3, 0.4) is 0 Å². The van der Waals surface area contributed by atoms with Crippen molar-refractivity contribution in [3.8, 4) is 0 Å². The molecule has 0 aromatic carbocycles. The summed E-state index contributed by atoms with van der Waals surface area (Å²) >= 11 is 0. The van der Waals surface area contributed by atoms with E-state index in [1.165, 1.54) is 45.1 Å². The van der Waals surface area contributed by atoms with Gasteiger partial charge >= 0.3 is 0 Å². The van der Waals surface area contributed by atoms with Crippen LogP contribution in [0, 0.1) is 17.8 Å². The van der Waals surface area contributed by atoms with Gasteiger partial charge in [0.25, 0.3) is 0 Å². The van der Waals surface area contributed by atoms with E-state index in [4.69, 9.17) is 5.73 Å². The zero-order chi connectivity index (χ0) is 14.0. The molecule has 2 rings (SSSR count). The van der Waals surface area contributed by atoms with Crippen LogP contribution in [0.1, 0.15) is 66.2 Å². The summed E-state index contributed by atoms with van der Waals surface area (Å²) in [6.45, 7) is 11.7. The van der Waals surface area contributed by atoms with Crippen LogP contribution >= 0.6 is 0 Å². The van der Waals surface area contributed by atoms with Crippen molar-refractivity contribution in [1.29, 1.82) is 0 Å². The Morgan fingerprint density at radius 3 is 2.26 bits per heavy atom. The van der Waals surface area contributed by atoms with Gasteiger partial charge in [-0.3, -0.25) is 4.90 Å². The minimum atomic E-state index is 0.281. The largest absolute Gasteiger partial charge is 0.329 e. The maximum absolute atomic E-state index is 6.36. The first kappa shape index (κ1) is 15.3. The third-order valence-electron chi connectivity index (χ3n) is 5.57. The first-order valence-corrected chi connectivity index (χ1v) is 8.48. The van der Waals surface area contributed by atoms with E-state index in [1.54, 1.807) is 0 Å². The van der Waals surface area contributed by atoms with E-state index >= 15 is 0 Å². The SMILES string of the molecule is CC(C)C1CCCCC1(CN)N(CC1CC1)C(C)C. The summed E-state index contributed by atoms with van der Waals surface area (Å²) in [5.74, 6) is 2.50. The lowest BCUT2D eigenvalue weighted by Gasteiger charge is -2.54. The third kappa shape index (κ3) is 3.16. The van der Waals surface area contributed by atoms with Crippen molar-refractivity contribution < 1.29 is 0 Å². The molecule has 19 heavy (non-hydrogen) atoms. The number of nitrogens with zero attached hydrogens (tertiary/aromatic N) is 1. The monoisotopic (exact) mass is 266 g/mol. The van der Waals surface area contributed by atoms with Crippen LogP contribution in [-0.2, 0) is 0 Å². The van der Waals surface area contributed by atoms with Crippen LogP contribution in [-0.4, -0.2) is 29.6 Å². The van der Waals surface area contributed by atoms with Gasteiger partial charge in [-0.25, -0.2) is 0 Å². The summed E-state index contributed by atoms with van der Waals surface area (Å²) in [5, 5.41) is 0. The molecule has 2 N–H and O–H groups in total. The Morgan fingerprint density at radius 2 is 1.79 bits per heavy atom.